The first kappa shape index (κ1) is 18.1. The topological polar surface area (TPSA) is 74.3 Å². The molecule has 0 saturated carbocycles. The van der Waals surface area contributed by atoms with E-state index < -0.39 is 0 Å². The largest absolute Gasteiger partial charge is 0.349 e. The molecule has 0 radical (unpaired) electrons. The van der Waals surface area contributed by atoms with E-state index in [1.807, 2.05) is 31.2 Å². The van der Waals surface area contributed by atoms with E-state index in [4.69, 9.17) is 0 Å². The van der Waals surface area contributed by atoms with Gasteiger partial charge in [-0.25, -0.2) is 0 Å². The Morgan fingerprint density at radius 3 is 2.69 bits per heavy atom. The number of benzene rings is 1. The van der Waals surface area contributed by atoms with Crippen LogP contribution in [0.3, 0.4) is 0 Å². The number of aromatic nitrogens is 1. The highest BCUT2D eigenvalue weighted by Crippen LogP contribution is 2.13. The molecule has 2 aromatic rings. The highest BCUT2D eigenvalue weighted by molar-refractivity contribution is 5.94. The molecule has 0 aliphatic carbocycles. The summed E-state index contributed by atoms with van der Waals surface area (Å²) in [7, 11) is 0. The molecule has 0 spiro atoms. The van der Waals surface area contributed by atoms with E-state index in [0.717, 1.165) is 37.2 Å². The van der Waals surface area contributed by atoms with Crippen LogP contribution in [0.15, 0.2) is 48.8 Å². The fourth-order valence-electron chi connectivity index (χ4n) is 3.13. The standard InChI is InChI=1S/C20H24N4O2/c1-15-4-2-6-18(12-15)22-19(25)14-24-10-7-17(8-11-24)23-20(26)16-5-3-9-21-13-16/h2-6,9,12-13,17H,7-8,10-11,14H2,1H3,(H,22,25)(H,23,26). The SMILES string of the molecule is Cc1cccc(NC(=O)CN2CCC(NC(=O)c3cccnc3)CC2)c1. The van der Waals surface area contributed by atoms with E-state index in [-0.39, 0.29) is 17.9 Å². The molecule has 1 saturated heterocycles. The van der Waals surface area contributed by atoms with Crippen molar-refractivity contribution in [3.8, 4) is 0 Å². The van der Waals surface area contributed by atoms with Crippen molar-refractivity contribution in [1.82, 2.24) is 15.2 Å². The molecule has 26 heavy (non-hydrogen) atoms. The molecular weight excluding hydrogens is 328 g/mol. The average molecular weight is 352 g/mol. The number of hydrogen-bond donors (Lipinski definition) is 2. The summed E-state index contributed by atoms with van der Waals surface area (Å²) >= 11 is 0. The number of anilines is 1. The Balaban J connectivity index is 1.42. The van der Waals surface area contributed by atoms with Gasteiger partial charge in [-0.05, 0) is 49.6 Å². The Hall–Kier alpha value is -2.73. The molecule has 0 atom stereocenters. The molecule has 0 unspecified atom stereocenters. The predicted molar refractivity (Wildman–Crippen MR) is 101 cm³/mol. The summed E-state index contributed by atoms with van der Waals surface area (Å²) in [5.41, 5.74) is 2.52. The van der Waals surface area contributed by atoms with E-state index in [2.05, 4.69) is 20.5 Å². The normalized spacial score (nSPS) is 15.4. The Morgan fingerprint density at radius 1 is 1.19 bits per heavy atom. The Kier molecular flexibility index (Phi) is 5.96. The van der Waals surface area contributed by atoms with Crippen LogP contribution in [0.25, 0.3) is 0 Å². The molecule has 3 rings (SSSR count). The van der Waals surface area contributed by atoms with Gasteiger partial charge in [-0.1, -0.05) is 12.1 Å². The molecule has 2 amide bonds. The third kappa shape index (κ3) is 5.13. The smallest absolute Gasteiger partial charge is 0.253 e. The Bertz CT molecular complexity index is 755. The minimum absolute atomic E-state index is 0.00607. The van der Waals surface area contributed by atoms with Gasteiger partial charge in [0.25, 0.3) is 5.91 Å². The van der Waals surface area contributed by atoms with E-state index in [1.165, 1.54) is 0 Å². The Morgan fingerprint density at radius 2 is 2.00 bits per heavy atom. The molecule has 6 nitrogen and oxygen atoms in total. The van der Waals surface area contributed by atoms with Crippen molar-refractivity contribution < 1.29 is 9.59 Å². The van der Waals surface area contributed by atoms with Crippen LogP contribution < -0.4 is 10.6 Å². The summed E-state index contributed by atoms with van der Waals surface area (Å²) in [5.74, 6) is -0.0952. The molecular formula is C20H24N4O2. The number of rotatable bonds is 5. The Labute approximate surface area is 153 Å². The average Bonchev–Trinajstić information content (AvgIpc) is 2.64. The third-order valence-electron chi connectivity index (χ3n) is 4.52. The summed E-state index contributed by atoms with van der Waals surface area (Å²) in [6, 6.07) is 11.4. The monoisotopic (exact) mass is 352 g/mol. The number of aryl methyl sites for hydroxylation is 1. The molecule has 1 aromatic carbocycles. The number of hydrogen-bond acceptors (Lipinski definition) is 4. The van der Waals surface area contributed by atoms with Crippen LogP contribution in [0.5, 0.6) is 0 Å². The van der Waals surface area contributed by atoms with Crippen molar-refractivity contribution in [1.29, 1.82) is 0 Å². The summed E-state index contributed by atoms with van der Waals surface area (Å²) in [5, 5.41) is 5.99. The maximum absolute atomic E-state index is 12.2. The number of carbonyl (C=O) groups is 2. The lowest BCUT2D eigenvalue weighted by molar-refractivity contribution is -0.117. The van der Waals surface area contributed by atoms with Gasteiger partial charge in [0.1, 0.15) is 0 Å². The van der Waals surface area contributed by atoms with Crippen molar-refractivity contribution in [2.45, 2.75) is 25.8 Å². The minimum atomic E-state index is -0.0891. The van der Waals surface area contributed by atoms with Crippen molar-refractivity contribution in [3.05, 3.63) is 59.9 Å². The number of likely N-dealkylation sites (tertiary alicyclic amines) is 1. The van der Waals surface area contributed by atoms with Gasteiger partial charge in [0.05, 0.1) is 12.1 Å². The summed E-state index contributed by atoms with van der Waals surface area (Å²) < 4.78 is 0. The molecule has 136 valence electrons. The van der Waals surface area contributed by atoms with Crippen LogP contribution in [0.2, 0.25) is 0 Å². The van der Waals surface area contributed by atoms with Gasteiger partial charge in [-0.15, -0.1) is 0 Å². The first-order chi connectivity index (χ1) is 12.6. The fraction of sp³-hybridized carbons (Fsp3) is 0.350. The van der Waals surface area contributed by atoms with E-state index in [1.54, 1.807) is 24.5 Å². The van der Waals surface area contributed by atoms with E-state index in [0.29, 0.717) is 12.1 Å². The quantitative estimate of drug-likeness (QED) is 0.865. The van der Waals surface area contributed by atoms with Gasteiger partial charge in [-0.2, -0.15) is 0 Å². The molecule has 2 heterocycles. The summed E-state index contributed by atoms with van der Waals surface area (Å²) in [6.07, 6.45) is 4.89. The number of piperidine rings is 1. The number of pyridine rings is 1. The van der Waals surface area contributed by atoms with Gasteiger partial charge in [0, 0.05) is 37.2 Å². The molecule has 1 aliphatic rings. The zero-order valence-electron chi connectivity index (χ0n) is 14.9. The second-order valence-corrected chi connectivity index (χ2v) is 6.68. The molecule has 1 aliphatic heterocycles. The van der Waals surface area contributed by atoms with Crippen LogP contribution in [0, 0.1) is 6.92 Å². The lowest BCUT2D eigenvalue weighted by atomic mass is 10.0. The van der Waals surface area contributed by atoms with Gasteiger partial charge in [0.2, 0.25) is 5.91 Å². The zero-order chi connectivity index (χ0) is 18.4. The van der Waals surface area contributed by atoms with Crippen LogP contribution in [0.1, 0.15) is 28.8 Å². The number of carbonyl (C=O) groups excluding carboxylic acids is 2. The fourth-order valence-corrected chi connectivity index (χ4v) is 3.13. The summed E-state index contributed by atoms with van der Waals surface area (Å²) in [4.78, 5) is 30.5. The highest BCUT2D eigenvalue weighted by atomic mass is 16.2. The lowest BCUT2D eigenvalue weighted by Crippen LogP contribution is -2.46. The van der Waals surface area contributed by atoms with Gasteiger partial charge >= 0.3 is 0 Å². The first-order valence-electron chi connectivity index (χ1n) is 8.90. The van der Waals surface area contributed by atoms with Crippen LogP contribution >= 0.6 is 0 Å². The van der Waals surface area contributed by atoms with Crippen LogP contribution in [-0.2, 0) is 4.79 Å². The highest BCUT2D eigenvalue weighted by Gasteiger charge is 2.22. The minimum Gasteiger partial charge on any atom is -0.349 e. The van der Waals surface area contributed by atoms with Gasteiger partial charge in [-0.3, -0.25) is 19.5 Å². The zero-order valence-corrected chi connectivity index (χ0v) is 14.9. The maximum atomic E-state index is 12.2. The van der Waals surface area contributed by atoms with Crippen molar-refractivity contribution in [2.24, 2.45) is 0 Å². The van der Waals surface area contributed by atoms with Crippen LogP contribution in [-0.4, -0.2) is 47.4 Å². The maximum Gasteiger partial charge on any atom is 0.253 e. The van der Waals surface area contributed by atoms with Crippen molar-refractivity contribution in [3.63, 3.8) is 0 Å². The second-order valence-electron chi connectivity index (χ2n) is 6.68. The number of nitrogens with one attached hydrogen (secondary N) is 2. The van der Waals surface area contributed by atoms with Crippen molar-refractivity contribution in [2.75, 3.05) is 25.0 Å². The molecule has 1 aromatic heterocycles. The van der Waals surface area contributed by atoms with E-state index >= 15 is 0 Å². The number of nitrogens with zero attached hydrogens (tertiary/aromatic N) is 2. The lowest BCUT2D eigenvalue weighted by Gasteiger charge is -2.31. The van der Waals surface area contributed by atoms with Crippen LogP contribution in [0.4, 0.5) is 5.69 Å². The molecule has 6 heteroatoms. The first-order valence-corrected chi connectivity index (χ1v) is 8.90. The molecule has 0 bridgehead atoms. The van der Waals surface area contributed by atoms with Crippen molar-refractivity contribution >= 4 is 17.5 Å². The third-order valence-corrected chi connectivity index (χ3v) is 4.52. The molecule has 2 N–H and O–H groups in total. The van der Waals surface area contributed by atoms with Gasteiger partial charge in [0.15, 0.2) is 0 Å². The predicted octanol–water partition coefficient (Wildman–Crippen LogP) is 2.22. The van der Waals surface area contributed by atoms with E-state index in [9.17, 15) is 9.59 Å². The number of amides is 2. The second kappa shape index (κ2) is 8.58. The van der Waals surface area contributed by atoms with Gasteiger partial charge < -0.3 is 10.6 Å². The summed E-state index contributed by atoms with van der Waals surface area (Å²) in [6.45, 7) is 3.95. The molecule has 1 fully saturated rings.